The number of imidazole rings is 1. The Morgan fingerprint density at radius 3 is 2.29 bits per heavy atom. The van der Waals surface area contributed by atoms with Crippen LogP contribution in [0.3, 0.4) is 0 Å². The van der Waals surface area contributed by atoms with Crippen LogP contribution in [0.1, 0.15) is 5.56 Å². The van der Waals surface area contributed by atoms with Crippen LogP contribution in [0, 0.1) is 6.92 Å². The molecule has 2 aromatic carbocycles. The molecule has 1 aromatic heterocycles. The number of hydrogen-bond donors (Lipinski definition) is 0. The summed E-state index contributed by atoms with van der Waals surface area (Å²) in [6.45, 7) is 2.06. The fourth-order valence-corrected chi connectivity index (χ4v) is 3.20. The molecule has 0 spiro atoms. The van der Waals surface area contributed by atoms with E-state index >= 15 is 0 Å². The minimum absolute atomic E-state index is 0.321. The van der Waals surface area contributed by atoms with Crippen LogP contribution in [-0.2, 0) is 16.9 Å². The Bertz CT molecular complexity index is 923. The van der Waals surface area contributed by atoms with Crippen molar-refractivity contribution in [3.63, 3.8) is 0 Å². The number of aryl methyl sites for hydroxylation is 2. The molecule has 0 unspecified atom stereocenters. The van der Waals surface area contributed by atoms with Crippen molar-refractivity contribution < 1.29 is 8.42 Å². The molecule has 0 N–H and O–H groups in total. The zero-order valence-corrected chi connectivity index (χ0v) is 13.0. The summed E-state index contributed by atoms with van der Waals surface area (Å²) < 4.78 is 25.1. The Morgan fingerprint density at radius 2 is 1.71 bits per heavy atom. The minimum atomic E-state index is -3.17. The monoisotopic (exact) mass is 300 g/mol. The molecule has 0 bridgehead atoms. The van der Waals surface area contributed by atoms with Crippen molar-refractivity contribution in [3.8, 4) is 11.4 Å². The van der Waals surface area contributed by atoms with Gasteiger partial charge in [0.25, 0.3) is 0 Å². The van der Waals surface area contributed by atoms with Gasteiger partial charge < -0.3 is 4.57 Å². The Hall–Kier alpha value is -2.14. The molecular formula is C16H16N2O2S. The van der Waals surface area contributed by atoms with Crippen molar-refractivity contribution in [2.24, 2.45) is 7.05 Å². The molecule has 1 heterocycles. The molecule has 0 aliphatic rings. The number of aromatic nitrogens is 2. The van der Waals surface area contributed by atoms with Crippen LogP contribution < -0.4 is 0 Å². The molecule has 0 saturated heterocycles. The Labute approximate surface area is 124 Å². The average molecular weight is 300 g/mol. The zero-order chi connectivity index (χ0) is 15.2. The topological polar surface area (TPSA) is 52.0 Å². The first kappa shape index (κ1) is 13.8. The summed E-state index contributed by atoms with van der Waals surface area (Å²) in [6.07, 6.45) is 1.21. The molecule has 108 valence electrons. The van der Waals surface area contributed by atoms with Gasteiger partial charge in [0.05, 0.1) is 15.9 Å². The summed E-state index contributed by atoms with van der Waals surface area (Å²) >= 11 is 0. The summed E-state index contributed by atoms with van der Waals surface area (Å²) in [5, 5.41) is 0. The number of rotatable bonds is 2. The summed E-state index contributed by atoms with van der Waals surface area (Å²) in [5.41, 5.74) is 4.11. The number of nitrogens with zero attached hydrogens (tertiary/aromatic N) is 2. The first-order valence-corrected chi connectivity index (χ1v) is 8.49. The quantitative estimate of drug-likeness (QED) is 0.731. The molecule has 4 nitrogen and oxygen atoms in total. The van der Waals surface area contributed by atoms with Crippen molar-refractivity contribution in [2.45, 2.75) is 11.8 Å². The van der Waals surface area contributed by atoms with E-state index in [0.717, 1.165) is 22.4 Å². The van der Waals surface area contributed by atoms with E-state index in [-0.39, 0.29) is 0 Å². The van der Waals surface area contributed by atoms with E-state index in [1.54, 1.807) is 24.3 Å². The molecule has 5 heteroatoms. The molecule has 0 aliphatic carbocycles. The Morgan fingerprint density at radius 1 is 1.05 bits per heavy atom. The van der Waals surface area contributed by atoms with E-state index in [0.29, 0.717) is 4.90 Å². The van der Waals surface area contributed by atoms with Crippen LogP contribution in [-0.4, -0.2) is 24.2 Å². The molecule has 0 aliphatic heterocycles. The standard InChI is InChI=1S/C16H16N2O2S/c1-11-5-4-6-14-15(11)18(2)16(17-14)12-7-9-13(10-8-12)21(3,19)20/h4-10H,1-3H3. The number of benzene rings is 2. The highest BCUT2D eigenvalue weighted by molar-refractivity contribution is 7.90. The molecule has 0 radical (unpaired) electrons. The molecule has 21 heavy (non-hydrogen) atoms. The smallest absolute Gasteiger partial charge is 0.175 e. The van der Waals surface area contributed by atoms with Crippen molar-refractivity contribution >= 4 is 20.9 Å². The van der Waals surface area contributed by atoms with Gasteiger partial charge in [-0.3, -0.25) is 0 Å². The van der Waals surface area contributed by atoms with Gasteiger partial charge in [0.1, 0.15) is 5.82 Å². The van der Waals surface area contributed by atoms with Crippen molar-refractivity contribution in [1.82, 2.24) is 9.55 Å². The van der Waals surface area contributed by atoms with Gasteiger partial charge in [0.2, 0.25) is 0 Å². The molecule has 3 aromatic rings. The normalized spacial score (nSPS) is 12.0. The van der Waals surface area contributed by atoms with E-state index in [1.807, 2.05) is 23.7 Å². The van der Waals surface area contributed by atoms with Crippen LogP contribution >= 0.6 is 0 Å². The Kier molecular flexibility index (Phi) is 3.10. The average Bonchev–Trinajstić information content (AvgIpc) is 2.77. The van der Waals surface area contributed by atoms with Gasteiger partial charge in [-0.15, -0.1) is 0 Å². The second kappa shape index (κ2) is 4.70. The highest BCUT2D eigenvalue weighted by atomic mass is 32.2. The lowest BCUT2D eigenvalue weighted by molar-refractivity contribution is 0.602. The third kappa shape index (κ3) is 2.34. The van der Waals surface area contributed by atoms with E-state index in [1.165, 1.54) is 11.8 Å². The third-order valence-corrected chi connectivity index (χ3v) is 4.77. The van der Waals surface area contributed by atoms with E-state index in [4.69, 9.17) is 0 Å². The summed E-state index contributed by atoms with van der Waals surface area (Å²) in [5.74, 6) is 0.833. The van der Waals surface area contributed by atoms with Crippen LogP contribution in [0.25, 0.3) is 22.4 Å². The summed E-state index contributed by atoms with van der Waals surface area (Å²) in [6, 6.07) is 12.9. The first-order chi connectivity index (χ1) is 9.88. The predicted octanol–water partition coefficient (Wildman–Crippen LogP) is 2.95. The molecule has 0 saturated carbocycles. The minimum Gasteiger partial charge on any atom is -0.327 e. The van der Waals surface area contributed by atoms with Gasteiger partial charge in [-0.1, -0.05) is 12.1 Å². The summed E-state index contributed by atoms with van der Waals surface area (Å²) in [4.78, 5) is 4.97. The maximum Gasteiger partial charge on any atom is 0.175 e. The van der Waals surface area contributed by atoms with Crippen LogP contribution in [0.4, 0.5) is 0 Å². The molecule has 0 fully saturated rings. The van der Waals surface area contributed by atoms with Crippen molar-refractivity contribution in [3.05, 3.63) is 48.0 Å². The van der Waals surface area contributed by atoms with Crippen LogP contribution in [0.15, 0.2) is 47.4 Å². The van der Waals surface area contributed by atoms with Crippen molar-refractivity contribution in [2.75, 3.05) is 6.26 Å². The lowest BCUT2D eigenvalue weighted by atomic mass is 10.2. The van der Waals surface area contributed by atoms with Gasteiger partial charge in [0, 0.05) is 18.9 Å². The van der Waals surface area contributed by atoms with E-state index in [9.17, 15) is 8.42 Å². The number of para-hydroxylation sites is 1. The summed E-state index contributed by atoms with van der Waals surface area (Å²) in [7, 11) is -1.20. The lowest BCUT2D eigenvalue weighted by Crippen LogP contribution is -1.97. The largest absolute Gasteiger partial charge is 0.327 e. The Balaban J connectivity index is 2.17. The zero-order valence-electron chi connectivity index (χ0n) is 12.2. The number of fused-ring (bicyclic) bond motifs is 1. The van der Waals surface area contributed by atoms with Gasteiger partial charge >= 0.3 is 0 Å². The maximum atomic E-state index is 11.5. The molecular weight excluding hydrogens is 284 g/mol. The highest BCUT2D eigenvalue weighted by Crippen LogP contribution is 2.26. The van der Waals surface area contributed by atoms with Crippen LogP contribution in [0.5, 0.6) is 0 Å². The predicted molar refractivity (Wildman–Crippen MR) is 84.0 cm³/mol. The number of hydrogen-bond acceptors (Lipinski definition) is 3. The van der Waals surface area contributed by atoms with Gasteiger partial charge in [-0.2, -0.15) is 0 Å². The third-order valence-electron chi connectivity index (χ3n) is 3.64. The van der Waals surface area contributed by atoms with Gasteiger partial charge in [-0.25, -0.2) is 13.4 Å². The second-order valence-corrected chi connectivity index (χ2v) is 7.25. The molecule has 0 amide bonds. The molecule has 3 rings (SSSR count). The molecule has 0 atom stereocenters. The SMILES string of the molecule is Cc1cccc2nc(-c3ccc(S(C)(=O)=O)cc3)n(C)c12. The second-order valence-electron chi connectivity index (χ2n) is 5.23. The number of sulfone groups is 1. The van der Waals surface area contributed by atoms with Gasteiger partial charge in [-0.05, 0) is 42.8 Å². The fraction of sp³-hybridized carbons (Fsp3) is 0.188. The van der Waals surface area contributed by atoms with E-state index in [2.05, 4.69) is 18.0 Å². The highest BCUT2D eigenvalue weighted by Gasteiger charge is 2.12. The van der Waals surface area contributed by atoms with Crippen LogP contribution in [0.2, 0.25) is 0 Å². The fourth-order valence-electron chi connectivity index (χ4n) is 2.57. The lowest BCUT2D eigenvalue weighted by Gasteiger charge is -2.05. The van der Waals surface area contributed by atoms with Gasteiger partial charge in [0.15, 0.2) is 9.84 Å². The first-order valence-electron chi connectivity index (χ1n) is 6.60. The van der Waals surface area contributed by atoms with Crippen molar-refractivity contribution in [1.29, 1.82) is 0 Å². The van der Waals surface area contributed by atoms with E-state index < -0.39 is 9.84 Å². The maximum absolute atomic E-state index is 11.5.